The van der Waals surface area contributed by atoms with Gasteiger partial charge in [-0.15, -0.1) is 0 Å². The van der Waals surface area contributed by atoms with Crippen molar-refractivity contribution in [2.75, 3.05) is 0 Å². The molecule has 1 atom stereocenters. The molecule has 1 aliphatic rings. The van der Waals surface area contributed by atoms with E-state index in [1.165, 1.54) is 4.90 Å². The van der Waals surface area contributed by atoms with Crippen molar-refractivity contribution in [2.45, 2.75) is 32.9 Å². The molecule has 8 heteroatoms. The van der Waals surface area contributed by atoms with Crippen molar-refractivity contribution in [1.82, 2.24) is 4.90 Å². The van der Waals surface area contributed by atoms with E-state index in [9.17, 15) is 9.59 Å². The van der Waals surface area contributed by atoms with Crippen molar-refractivity contribution in [3.63, 3.8) is 0 Å². The minimum atomic E-state index is -0.301. The highest BCUT2D eigenvalue weighted by Gasteiger charge is 2.37. The largest absolute Gasteiger partial charge is 0.486 e. The van der Waals surface area contributed by atoms with Gasteiger partial charge in [-0.2, -0.15) is 0 Å². The van der Waals surface area contributed by atoms with Gasteiger partial charge in [-0.3, -0.25) is 14.5 Å². The minimum Gasteiger partial charge on any atom is -0.486 e. The van der Waals surface area contributed by atoms with Gasteiger partial charge in [0.1, 0.15) is 6.61 Å². The van der Waals surface area contributed by atoms with Crippen LogP contribution in [0.15, 0.2) is 41.3 Å². The van der Waals surface area contributed by atoms with Crippen LogP contribution >= 0.6 is 46.6 Å². The Kier molecular flexibility index (Phi) is 7.17. The molecule has 1 aliphatic heterocycles. The van der Waals surface area contributed by atoms with Gasteiger partial charge in [-0.1, -0.05) is 53.9 Å². The summed E-state index contributed by atoms with van der Waals surface area (Å²) < 4.78 is 5.76. The first-order valence-electron chi connectivity index (χ1n) is 8.93. The van der Waals surface area contributed by atoms with E-state index in [-0.39, 0.29) is 23.8 Å². The van der Waals surface area contributed by atoms with E-state index >= 15 is 0 Å². The number of nitrogens with zero attached hydrogens (tertiary/aromatic N) is 1. The van der Waals surface area contributed by atoms with E-state index in [4.69, 9.17) is 39.5 Å². The topological polar surface area (TPSA) is 46.6 Å². The van der Waals surface area contributed by atoms with E-state index < -0.39 is 0 Å². The number of hydrogen-bond acceptors (Lipinski definition) is 4. The maximum absolute atomic E-state index is 12.6. The van der Waals surface area contributed by atoms with Crippen molar-refractivity contribution in [3.05, 3.63) is 67.5 Å². The van der Waals surface area contributed by atoms with Crippen LogP contribution in [0.2, 0.25) is 15.1 Å². The summed E-state index contributed by atoms with van der Waals surface area (Å²) in [4.78, 5) is 26.3. The SMILES string of the molecule is CCC(C)N1C(=O)SC(=Cc2cc(Cl)c(OCc3ccc(Cl)cc3)c(Cl)c2)C1=O. The second-order valence-electron chi connectivity index (χ2n) is 6.54. The van der Waals surface area contributed by atoms with Gasteiger partial charge in [-0.25, -0.2) is 0 Å². The van der Waals surface area contributed by atoms with Crippen LogP contribution in [0, 0.1) is 0 Å². The number of carbonyl (C=O) groups is 2. The number of thioether (sulfide) groups is 1. The summed E-state index contributed by atoms with van der Waals surface area (Å²) in [6.07, 6.45) is 2.32. The van der Waals surface area contributed by atoms with Crippen molar-refractivity contribution >= 4 is 63.8 Å². The first kappa shape index (κ1) is 22.0. The molecule has 0 saturated carbocycles. The second kappa shape index (κ2) is 9.43. The maximum Gasteiger partial charge on any atom is 0.293 e. The van der Waals surface area contributed by atoms with Gasteiger partial charge in [0, 0.05) is 11.1 Å². The third kappa shape index (κ3) is 5.10. The van der Waals surface area contributed by atoms with Gasteiger partial charge >= 0.3 is 0 Å². The van der Waals surface area contributed by atoms with Crippen molar-refractivity contribution in [2.24, 2.45) is 0 Å². The summed E-state index contributed by atoms with van der Waals surface area (Å²) in [5.74, 6) is 0.0535. The maximum atomic E-state index is 12.6. The van der Waals surface area contributed by atoms with E-state index in [2.05, 4.69) is 0 Å². The first-order chi connectivity index (χ1) is 13.8. The smallest absolute Gasteiger partial charge is 0.293 e. The Morgan fingerprint density at radius 3 is 2.31 bits per heavy atom. The highest BCUT2D eigenvalue weighted by Crippen LogP contribution is 2.38. The molecule has 2 aromatic rings. The minimum absolute atomic E-state index is 0.149. The van der Waals surface area contributed by atoms with Gasteiger partial charge < -0.3 is 4.74 Å². The number of halogens is 3. The first-order valence-corrected chi connectivity index (χ1v) is 10.9. The average molecular weight is 471 g/mol. The van der Waals surface area contributed by atoms with Crippen molar-refractivity contribution in [3.8, 4) is 5.75 Å². The van der Waals surface area contributed by atoms with Crippen LogP contribution in [0.4, 0.5) is 4.79 Å². The summed E-state index contributed by atoms with van der Waals surface area (Å²) in [6, 6.07) is 10.4. The van der Waals surface area contributed by atoms with Gasteiger partial charge in [0.25, 0.3) is 11.1 Å². The van der Waals surface area contributed by atoms with Crippen LogP contribution in [-0.4, -0.2) is 22.1 Å². The fourth-order valence-electron chi connectivity index (χ4n) is 2.73. The molecule has 1 saturated heterocycles. The molecule has 0 N–H and O–H groups in total. The Hall–Kier alpha value is -1.66. The molecule has 0 radical (unpaired) electrons. The highest BCUT2D eigenvalue weighted by molar-refractivity contribution is 8.18. The molecule has 2 amide bonds. The third-order valence-electron chi connectivity index (χ3n) is 4.47. The van der Waals surface area contributed by atoms with E-state index in [1.807, 2.05) is 26.0 Å². The summed E-state index contributed by atoms with van der Waals surface area (Å²) in [5, 5.41) is 1.01. The molecule has 1 unspecified atom stereocenters. The second-order valence-corrected chi connectivity index (χ2v) is 8.78. The number of hydrogen-bond donors (Lipinski definition) is 0. The molecule has 0 aliphatic carbocycles. The van der Waals surface area contributed by atoms with Crippen LogP contribution in [0.3, 0.4) is 0 Å². The molecule has 0 bridgehead atoms. The van der Waals surface area contributed by atoms with Crippen LogP contribution in [0.1, 0.15) is 31.4 Å². The summed E-state index contributed by atoms with van der Waals surface area (Å²) in [5.41, 5.74) is 1.54. The van der Waals surface area contributed by atoms with Gasteiger partial charge in [0.2, 0.25) is 0 Å². The molecule has 0 aromatic heterocycles. The van der Waals surface area contributed by atoms with E-state index in [0.29, 0.717) is 37.7 Å². The molecular weight excluding hydrogens is 453 g/mol. The lowest BCUT2D eigenvalue weighted by Gasteiger charge is -2.19. The predicted octanol–water partition coefficient (Wildman–Crippen LogP) is 7.06. The van der Waals surface area contributed by atoms with Crippen molar-refractivity contribution < 1.29 is 14.3 Å². The lowest BCUT2D eigenvalue weighted by Crippen LogP contribution is -2.36. The number of carbonyl (C=O) groups excluding carboxylic acids is 2. The van der Waals surface area contributed by atoms with Crippen LogP contribution in [0.5, 0.6) is 5.75 Å². The van der Waals surface area contributed by atoms with Crippen molar-refractivity contribution in [1.29, 1.82) is 0 Å². The molecular formula is C21H18Cl3NO3S. The van der Waals surface area contributed by atoms with Crippen LogP contribution in [-0.2, 0) is 11.4 Å². The fourth-order valence-corrected chi connectivity index (χ4v) is 4.40. The molecule has 1 fully saturated rings. The summed E-state index contributed by atoms with van der Waals surface area (Å²) >= 11 is 19.5. The zero-order valence-electron chi connectivity index (χ0n) is 15.7. The normalized spacial score (nSPS) is 16.6. The quantitative estimate of drug-likeness (QED) is 0.424. The predicted molar refractivity (Wildman–Crippen MR) is 120 cm³/mol. The fraction of sp³-hybridized carbons (Fsp3) is 0.238. The standard InChI is InChI=1S/C21H18Cl3NO3S/c1-3-12(2)25-20(26)18(29-21(25)27)10-14-8-16(23)19(17(24)9-14)28-11-13-4-6-15(22)7-5-13/h4-10,12H,3,11H2,1-2H3. The molecule has 0 spiro atoms. The zero-order chi connectivity index (χ0) is 21.1. The third-order valence-corrected chi connectivity index (χ3v) is 6.17. The summed E-state index contributed by atoms with van der Waals surface area (Å²) in [7, 11) is 0. The number of imide groups is 1. The lowest BCUT2D eigenvalue weighted by atomic mass is 10.2. The van der Waals surface area contributed by atoms with Crippen LogP contribution in [0.25, 0.3) is 6.08 Å². The Morgan fingerprint density at radius 1 is 1.10 bits per heavy atom. The number of benzene rings is 2. The molecule has 152 valence electrons. The Bertz CT molecular complexity index is 953. The number of ether oxygens (including phenoxy) is 1. The average Bonchev–Trinajstić information content (AvgIpc) is 2.95. The number of rotatable bonds is 6. The molecule has 3 rings (SSSR count). The Balaban J connectivity index is 1.78. The monoisotopic (exact) mass is 469 g/mol. The summed E-state index contributed by atoms with van der Waals surface area (Å²) in [6.45, 7) is 4.06. The molecule has 2 aromatic carbocycles. The Labute approximate surface area is 188 Å². The molecule has 4 nitrogen and oxygen atoms in total. The van der Waals surface area contributed by atoms with Gasteiger partial charge in [-0.05, 0) is 66.6 Å². The van der Waals surface area contributed by atoms with Gasteiger partial charge in [0.15, 0.2) is 5.75 Å². The van der Waals surface area contributed by atoms with E-state index in [0.717, 1.165) is 17.3 Å². The van der Waals surface area contributed by atoms with Gasteiger partial charge in [0.05, 0.1) is 15.0 Å². The molecule has 1 heterocycles. The highest BCUT2D eigenvalue weighted by atomic mass is 35.5. The lowest BCUT2D eigenvalue weighted by molar-refractivity contribution is -0.124. The Morgan fingerprint density at radius 2 is 1.72 bits per heavy atom. The van der Waals surface area contributed by atoms with Crippen LogP contribution < -0.4 is 4.74 Å². The zero-order valence-corrected chi connectivity index (χ0v) is 18.8. The molecule has 29 heavy (non-hydrogen) atoms. The number of amides is 2. The van der Waals surface area contributed by atoms with E-state index in [1.54, 1.807) is 30.3 Å².